The van der Waals surface area contributed by atoms with Gasteiger partial charge in [0.1, 0.15) is 0 Å². The summed E-state index contributed by atoms with van der Waals surface area (Å²) in [4.78, 5) is 0. The van der Waals surface area contributed by atoms with Crippen molar-refractivity contribution in [1.29, 1.82) is 0 Å². The standard InChI is InChI=1S/C6H7N.Cl2O/c7-6-4-2-1-3-5-6;1-3-2/h1-5H,7H2;. The van der Waals surface area contributed by atoms with E-state index in [4.69, 9.17) is 5.73 Å². The van der Waals surface area contributed by atoms with Gasteiger partial charge in [-0.05, 0) is 12.1 Å². The zero-order valence-electron chi connectivity index (χ0n) is 5.13. The molecule has 0 radical (unpaired) electrons. The van der Waals surface area contributed by atoms with Crippen molar-refractivity contribution in [1.82, 2.24) is 0 Å². The molecule has 0 amide bonds. The summed E-state index contributed by atoms with van der Waals surface area (Å²) in [5.41, 5.74) is 6.18. The molecule has 56 valence electrons. The molecule has 4 heteroatoms. The molecule has 0 aliphatic rings. The molecule has 0 saturated carbocycles. The van der Waals surface area contributed by atoms with Gasteiger partial charge in [-0.15, -0.1) is 0 Å². The number of para-hydroxylation sites is 1. The van der Waals surface area contributed by atoms with E-state index in [0.29, 0.717) is 0 Å². The smallest absolute Gasteiger partial charge is 0.0832 e. The molecule has 0 aliphatic heterocycles. The van der Waals surface area contributed by atoms with E-state index in [1.54, 1.807) is 0 Å². The van der Waals surface area contributed by atoms with E-state index < -0.39 is 0 Å². The van der Waals surface area contributed by atoms with Crippen molar-refractivity contribution < 1.29 is 3.84 Å². The number of nitrogens with two attached hydrogens (primary N) is 1. The number of halogens is 2. The van der Waals surface area contributed by atoms with Crippen LogP contribution in [0, 0.1) is 0 Å². The van der Waals surface area contributed by atoms with Gasteiger partial charge in [0.05, 0.1) is 23.7 Å². The molecule has 2 N–H and O–H groups in total. The first-order chi connectivity index (χ1) is 4.81. The van der Waals surface area contributed by atoms with Crippen LogP contribution in [0.4, 0.5) is 5.69 Å². The van der Waals surface area contributed by atoms with Gasteiger partial charge >= 0.3 is 0 Å². The van der Waals surface area contributed by atoms with Gasteiger partial charge in [0.2, 0.25) is 0 Å². The minimum atomic E-state index is 0.822. The number of rotatable bonds is 0. The van der Waals surface area contributed by atoms with Crippen molar-refractivity contribution in [2.75, 3.05) is 5.73 Å². The average Bonchev–Trinajstić information content (AvgIpc) is 1.91. The van der Waals surface area contributed by atoms with Crippen LogP contribution in [0.15, 0.2) is 30.3 Å². The van der Waals surface area contributed by atoms with Crippen LogP contribution in [-0.4, -0.2) is 0 Å². The second kappa shape index (κ2) is 6.68. The molecule has 1 aromatic carbocycles. The van der Waals surface area contributed by atoms with Crippen molar-refractivity contribution in [2.24, 2.45) is 0 Å². The highest BCUT2D eigenvalue weighted by Gasteiger charge is 1.72. The lowest BCUT2D eigenvalue weighted by molar-refractivity contribution is 0.697. The van der Waals surface area contributed by atoms with Gasteiger partial charge in [-0.3, -0.25) is 0 Å². The normalized spacial score (nSPS) is 7.80. The highest BCUT2D eigenvalue weighted by molar-refractivity contribution is 6.24. The molecule has 0 saturated heterocycles. The summed E-state index contributed by atoms with van der Waals surface area (Å²) in [7, 11) is 0. The summed E-state index contributed by atoms with van der Waals surface area (Å²) in [5.74, 6) is 0. The van der Waals surface area contributed by atoms with E-state index >= 15 is 0 Å². The van der Waals surface area contributed by atoms with E-state index in [1.165, 1.54) is 0 Å². The highest BCUT2D eigenvalue weighted by atomic mass is 35.6. The van der Waals surface area contributed by atoms with Crippen molar-refractivity contribution >= 4 is 29.4 Å². The first kappa shape index (κ1) is 9.56. The van der Waals surface area contributed by atoms with Crippen molar-refractivity contribution in [3.05, 3.63) is 30.3 Å². The van der Waals surface area contributed by atoms with Crippen molar-refractivity contribution in [2.45, 2.75) is 0 Å². The Hall–Kier alpha value is -0.440. The zero-order valence-corrected chi connectivity index (χ0v) is 6.64. The quantitative estimate of drug-likeness (QED) is 0.622. The fourth-order valence-electron chi connectivity index (χ4n) is 0.453. The SMILES string of the molecule is ClOCl.Nc1ccccc1. The monoisotopic (exact) mass is 179 g/mol. The lowest BCUT2D eigenvalue weighted by Gasteiger charge is -1.83. The second-order valence-corrected chi connectivity index (χ2v) is 1.94. The maximum atomic E-state index is 5.36. The van der Waals surface area contributed by atoms with Gasteiger partial charge in [-0.25, -0.2) is 0 Å². The minimum Gasteiger partial charge on any atom is -0.399 e. The maximum absolute atomic E-state index is 5.36. The van der Waals surface area contributed by atoms with E-state index in [1.807, 2.05) is 30.3 Å². The van der Waals surface area contributed by atoms with Crippen LogP contribution >= 0.6 is 23.7 Å². The molecule has 0 spiro atoms. The molecule has 0 heterocycles. The zero-order chi connectivity index (χ0) is 7.82. The summed E-state index contributed by atoms with van der Waals surface area (Å²) < 4.78 is 3.19. The molecular formula is C6H7Cl2NO. The Bertz CT molecular complexity index is 157. The summed E-state index contributed by atoms with van der Waals surface area (Å²) in [6.45, 7) is 0. The van der Waals surface area contributed by atoms with Crippen LogP contribution in [0.2, 0.25) is 0 Å². The predicted molar refractivity (Wildman–Crippen MR) is 43.6 cm³/mol. The lowest BCUT2D eigenvalue weighted by Crippen LogP contribution is -1.79. The Labute approximate surface area is 69.8 Å². The molecule has 0 atom stereocenters. The van der Waals surface area contributed by atoms with Crippen LogP contribution in [-0.2, 0) is 3.84 Å². The van der Waals surface area contributed by atoms with Gasteiger partial charge in [0.15, 0.2) is 0 Å². The number of hydrogen-bond donors (Lipinski definition) is 1. The van der Waals surface area contributed by atoms with E-state index in [0.717, 1.165) is 5.69 Å². The average molecular weight is 180 g/mol. The molecule has 0 fully saturated rings. The Morgan fingerprint density at radius 2 is 1.50 bits per heavy atom. The van der Waals surface area contributed by atoms with Gasteiger partial charge in [0.25, 0.3) is 0 Å². The molecular weight excluding hydrogens is 173 g/mol. The third-order valence-electron chi connectivity index (χ3n) is 0.800. The summed E-state index contributed by atoms with van der Waals surface area (Å²) >= 11 is 8.53. The van der Waals surface area contributed by atoms with Crippen molar-refractivity contribution in [3.8, 4) is 0 Å². The lowest BCUT2D eigenvalue weighted by atomic mass is 10.3. The second-order valence-electron chi connectivity index (χ2n) is 1.47. The fraction of sp³-hybridized carbons (Fsp3) is 0. The number of nitrogen functional groups attached to an aromatic ring is 1. The van der Waals surface area contributed by atoms with E-state index in [2.05, 4.69) is 27.6 Å². The Morgan fingerprint density at radius 3 is 1.70 bits per heavy atom. The molecule has 0 aromatic heterocycles. The van der Waals surface area contributed by atoms with Gasteiger partial charge < -0.3 is 5.73 Å². The number of benzene rings is 1. The highest BCUT2D eigenvalue weighted by Crippen LogP contribution is 1.95. The molecule has 0 bridgehead atoms. The molecule has 1 aromatic rings. The van der Waals surface area contributed by atoms with Crippen LogP contribution in [0.1, 0.15) is 0 Å². The van der Waals surface area contributed by atoms with E-state index in [-0.39, 0.29) is 0 Å². The van der Waals surface area contributed by atoms with Gasteiger partial charge in [0, 0.05) is 5.69 Å². The molecule has 2 nitrogen and oxygen atoms in total. The molecule has 0 unspecified atom stereocenters. The van der Waals surface area contributed by atoms with Gasteiger partial charge in [-0.2, -0.15) is 3.84 Å². The maximum Gasteiger partial charge on any atom is 0.0832 e. The summed E-state index contributed by atoms with van der Waals surface area (Å²) in [6.07, 6.45) is 0. The number of anilines is 1. The molecule has 1 rings (SSSR count). The van der Waals surface area contributed by atoms with Gasteiger partial charge in [-0.1, -0.05) is 18.2 Å². The van der Waals surface area contributed by atoms with Crippen molar-refractivity contribution in [3.63, 3.8) is 0 Å². The van der Waals surface area contributed by atoms with Crippen LogP contribution in [0.25, 0.3) is 0 Å². The Balaban J connectivity index is 0.000000236. The van der Waals surface area contributed by atoms with E-state index in [9.17, 15) is 0 Å². The predicted octanol–water partition coefficient (Wildman–Crippen LogP) is 2.58. The Kier molecular flexibility index (Phi) is 6.38. The minimum absolute atomic E-state index is 0.822. The summed E-state index contributed by atoms with van der Waals surface area (Å²) in [6, 6.07) is 9.49. The number of hydrogen-bond acceptors (Lipinski definition) is 2. The first-order valence-corrected chi connectivity index (χ1v) is 3.13. The largest absolute Gasteiger partial charge is 0.399 e. The van der Waals surface area contributed by atoms with Crippen LogP contribution < -0.4 is 5.73 Å². The van der Waals surface area contributed by atoms with Crippen LogP contribution in [0.5, 0.6) is 0 Å². The third-order valence-corrected chi connectivity index (χ3v) is 0.800. The third kappa shape index (κ3) is 5.69. The first-order valence-electron chi connectivity index (χ1n) is 2.51. The topological polar surface area (TPSA) is 35.2 Å². The van der Waals surface area contributed by atoms with Crippen LogP contribution in [0.3, 0.4) is 0 Å². The molecule has 10 heavy (non-hydrogen) atoms. The summed E-state index contributed by atoms with van der Waals surface area (Å²) in [5, 5.41) is 0. The Morgan fingerprint density at radius 1 is 1.10 bits per heavy atom. The molecule has 0 aliphatic carbocycles. The fourth-order valence-corrected chi connectivity index (χ4v) is 0.453.